The Morgan fingerprint density at radius 3 is 2.41 bits per heavy atom. The van der Waals surface area contributed by atoms with Gasteiger partial charge in [0.1, 0.15) is 0 Å². The third kappa shape index (κ3) is 5.42. The number of carbonyl (C=O) groups excluding carboxylic acids is 1. The second-order valence-electron chi connectivity index (χ2n) is 6.51. The molecule has 1 N–H and O–H groups in total. The highest BCUT2D eigenvalue weighted by molar-refractivity contribution is 5.95. The summed E-state index contributed by atoms with van der Waals surface area (Å²) in [5.74, 6) is -0.0431. The van der Waals surface area contributed by atoms with Crippen molar-refractivity contribution in [2.45, 2.75) is 25.8 Å². The van der Waals surface area contributed by atoms with Crippen LogP contribution in [0.25, 0.3) is 0 Å². The number of hydrogen-bond donors (Lipinski definition) is 1. The number of aromatic nitrogens is 1. The Kier molecular flexibility index (Phi) is 6.58. The zero-order chi connectivity index (χ0) is 18.9. The van der Waals surface area contributed by atoms with Crippen LogP contribution in [0.3, 0.4) is 0 Å². The molecule has 27 heavy (non-hydrogen) atoms. The van der Waals surface area contributed by atoms with E-state index in [1.807, 2.05) is 48.5 Å². The number of amides is 1. The predicted octanol–water partition coefficient (Wildman–Crippen LogP) is 3.65. The van der Waals surface area contributed by atoms with Crippen LogP contribution in [0.5, 0.6) is 0 Å². The Hall–Kier alpha value is -3.14. The van der Waals surface area contributed by atoms with E-state index in [4.69, 9.17) is 0 Å². The predicted molar refractivity (Wildman–Crippen MR) is 108 cm³/mol. The first-order valence-corrected chi connectivity index (χ1v) is 9.29. The SMILES string of the molecule is O=C(NCCCCn1ccccc1=O)c1ccccc1Cc1ccccc1. The topological polar surface area (TPSA) is 51.1 Å². The minimum absolute atomic E-state index is 0.0105. The fourth-order valence-corrected chi connectivity index (χ4v) is 3.06. The van der Waals surface area contributed by atoms with E-state index in [-0.39, 0.29) is 11.5 Å². The molecule has 1 amide bonds. The summed E-state index contributed by atoms with van der Waals surface area (Å²) < 4.78 is 1.69. The largest absolute Gasteiger partial charge is 0.352 e. The highest BCUT2D eigenvalue weighted by atomic mass is 16.1. The van der Waals surface area contributed by atoms with Crippen LogP contribution in [-0.2, 0) is 13.0 Å². The molecule has 0 saturated heterocycles. The van der Waals surface area contributed by atoms with Gasteiger partial charge in [-0.3, -0.25) is 9.59 Å². The van der Waals surface area contributed by atoms with E-state index >= 15 is 0 Å². The molecule has 2 aromatic carbocycles. The van der Waals surface area contributed by atoms with Gasteiger partial charge in [-0.25, -0.2) is 0 Å². The highest BCUT2D eigenvalue weighted by Gasteiger charge is 2.10. The van der Waals surface area contributed by atoms with Gasteiger partial charge in [0.25, 0.3) is 5.91 Å². The Labute approximate surface area is 159 Å². The number of rotatable bonds is 8. The van der Waals surface area contributed by atoms with Crippen LogP contribution in [0.1, 0.15) is 34.3 Å². The molecule has 3 rings (SSSR count). The number of nitrogens with one attached hydrogen (secondary N) is 1. The minimum Gasteiger partial charge on any atom is -0.352 e. The van der Waals surface area contributed by atoms with Crippen LogP contribution in [0.15, 0.2) is 83.8 Å². The van der Waals surface area contributed by atoms with E-state index < -0.39 is 0 Å². The minimum atomic E-state index is -0.0431. The smallest absolute Gasteiger partial charge is 0.251 e. The second-order valence-corrected chi connectivity index (χ2v) is 6.51. The molecule has 4 heteroatoms. The lowest BCUT2D eigenvalue weighted by atomic mass is 9.99. The average molecular weight is 360 g/mol. The van der Waals surface area contributed by atoms with Crippen molar-refractivity contribution in [3.05, 3.63) is 106 Å². The summed E-state index contributed by atoms with van der Waals surface area (Å²) in [5.41, 5.74) is 2.94. The van der Waals surface area contributed by atoms with Gasteiger partial charge in [-0.2, -0.15) is 0 Å². The summed E-state index contributed by atoms with van der Waals surface area (Å²) in [6, 6.07) is 23.0. The Morgan fingerprint density at radius 2 is 1.59 bits per heavy atom. The average Bonchev–Trinajstić information content (AvgIpc) is 2.70. The number of benzene rings is 2. The Bertz CT molecular complexity index is 932. The summed E-state index contributed by atoms with van der Waals surface area (Å²) in [7, 11) is 0. The Morgan fingerprint density at radius 1 is 0.852 bits per heavy atom. The van der Waals surface area contributed by atoms with Gasteiger partial charge >= 0.3 is 0 Å². The fraction of sp³-hybridized carbons (Fsp3) is 0.217. The molecule has 0 unspecified atom stereocenters. The van der Waals surface area contributed by atoms with E-state index in [0.29, 0.717) is 13.1 Å². The number of unbranched alkanes of at least 4 members (excludes halogenated alkanes) is 1. The third-order valence-corrected chi connectivity index (χ3v) is 4.51. The molecule has 4 nitrogen and oxygen atoms in total. The molecule has 0 aliphatic carbocycles. The first-order valence-electron chi connectivity index (χ1n) is 9.29. The molecule has 0 saturated carbocycles. The molecule has 1 aromatic heterocycles. The lowest BCUT2D eigenvalue weighted by Gasteiger charge is -2.11. The molecular weight excluding hydrogens is 336 g/mol. The summed E-state index contributed by atoms with van der Waals surface area (Å²) >= 11 is 0. The maximum atomic E-state index is 12.6. The van der Waals surface area contributed by atoms with Crippen LogP contribution in [-0.4, -0.2) is 17.0 Å². The monoisotopic (exact) mass is 360 g/mol. The zero-order valence-electron chi connectivity index (χ0n) is 15.3. The molecule has 0 radical (unpaired) electrons. The van der Waals surface area contributed by atoms with Crippen LogP contribution in [0, 0.1) is 0 Å². The van der Waals surface area contributed by atoms with Crippen molar-refractivity contribution in [3.8, 4) is 0 Å². The van der Waals surface area contributed by atoms with Crippen molar-refractivity contribution in [2.24, 2.45) is 0 Å². The summed E-state index contributed by atoms with van der Waals surface area (Å²) in [5, 5.41) is 3.00. The van der Waals surface area contributed by atoms with Crippen molar-refractivity contribution < 1.29 is 4.79 Å². The molecule has 0 aliphatic rings. The van der Waals surface area contributed by atoms with Crippen LogP contribution < -0.4 is 10.9 Å². The quantitative estimate of drug-likeness (QED) is 0.624. The van der Waals surface area contributed by atoms with Gasteiger partial charge in [0.05, 0.1) is 0 Å². The number of pyridine rings is 1. The highest BCUT2D eigenvalue weighted by Crippen LogP contribution is 2.14. The molecule has 0 fully saturated rings. The molecule has 1 heterocycles. The summed E-state index contributed by atoms with van der Waals surface area (Å²) in [4.78, 5) is 24.2. The lowest BCUT2D eigenvalue weighted by Crippen LogP contribution is -2.26. The van der Waals surface area contributed by atoms with Crippen LogP contribution >= 0.6 is 0 Å². The lowest BCUT2D eigenvalue weighted by molar-refractivity contribution is 0.0952. The van der Waals surface area contributed by atoms with E-state index in [9.17, 15) is 9.59 Å². The van der Waals surface area contributed by atoms with Crippen LogP contribution in [0.4, 0.5) is 0 Å². The fourth-order valence-electron chi connectivity index (χ4n) is 3.06. The van der Waals surface area contributed by atoms with Crippen molar-refractivity contribution in [2.75, 3.05) is 6.54 Å². The van der Waals surface area contributed by atoms with Gasteiger partial charge in [-0.05, 0) is 42.5 Å². The van der Waals surface area contributed by atoms with Gasteiger partial charge in [0, 0.05) is 30.9 Å². The molecule has 0 atom stereocenters. The standard InChI is InChI=1S/C23H24N2O2/c26-22-14-6-8-16-25(22)17-9-7-15-24-23(27)21-13-5-4-12-20(21)18-19-10-2-1-3-11-19/h1-6,8,10-14,16H,7,9,15,17-18H2,(H,24,27). The number of aryl methyl sites for hydroxylation is 1. The first kappa shape index (κ1) is 18.6. The number of nitrogens with zero attached hydrogens (tertiary/aromatic N) is 1. The molecule has 0 spiro atoms. The van der Waals surface area contributed by atoms with Crippen molar-refractivity contribution in [1.29, 1.82) is 0 Å². The second kappa shape index (κ2) is 9.53. The van der Waals surface area contributed by atoms with Gasteiger partial charge in [-0.15, -0.1) is 0 Å². The van der Waals surface area contributed by atoms with Gasteiger partial charge < -0.3 is 9.88 Å². The molecule has 3 aromatic rings. The number of carbonyl (C=O) groups is 1. The van der Waals surface area contributed by atoms with Gasteiger partial charge in [0.15, 0.2) is 0 Å². The van der Waals surface area contributed by atoms with Crippen molar-refractivity contribution in [1.82, 2.24) is 9.88 Å². The molecular formula is C23H24N2O2. The van der Waals surface area contributed by atoms with Crippen molar-refractivity contribution >= 4 is 5.91 Å². The zero-order valence-corrected chi connectivity index (χ0v) is 15.3. The van der Waals surface area contributed by atoms with E-state index in [1.54, 1.807) is 22.9 Å². The Balaban J connectivity index is 1.51. The summed E-state index contributed by atoms with van der Waals surface area (Å²) in [6.07, 6.45) is 4.20. The normalized spacial score (nSPS) is 10.5. The first-order chi connectivity index (χ1) is 13.2. The maximum Gasteiger partial charge on any atom is 0.251 e. The van der Waals surface area contributed by atoms with E-state index in [2.05, 4.69) is 17.4 Å². The van der Waals surface area contributed by atoms with Gasteiger partial charge in [0.2, 0.25) is 5.56 Å². The molecule has 138 valence electrons. The summed E-state index contributed by atoms with van der Waals surface area (Å²) in [6.45, 7) is 1.26. The maximum absolute atomic E-state index is 12.6. The van der Waals surface area contributed by atoms with Crippen molar-refractivity contribution in [3.63, 3.8) is 0 Å². The van der Waals surface area contributed by atoms with Crippen LogP contribution in [0.2, 0.25) is 0 Å². The van der Waals surface area contributed by atoms with Gasteiger partial charge in [-0.1, -0.05) is 54.6 Å². The molecule has 0 aliphatic heterocycles. The van der Waals surface area contributed by atoms with E-state index in [0.717, 1.165) is 30.4 Å². The molecule has 0 bridgehead atoms. The van der Waals surface area contributed by atoms with E-state index in [1.165, 1.54) is 5.56 Å². The number of hydrogen-bond acceptors (Lipinski definition) is 2. The third-order valence-electron chi connectivity index (χ3n) is 4.51.